The Morgan fingerprint density at radius 1 is 1.44 bits per heavy atom. The third-order valence-electron chi connectivity index (χ3n) is 5.83. The quantitative estimate of drug-likeness (QED) is 0.455. The number of aliphatic carboxylic acids is 1. The average molecular weight is 409 g/mol. The number of carbonyl (C=O) groups excluding carboxylic acids is 1. The molecule has 0 saturated carbocycles. The maximum atomic E-state index is 12.5. The van der Waals surface area contributed by atoms with E-state index in [1.165, 1.54) is 4.90 Å². The van der Waals surface area contributed by atoms with Crippen molar-refractivity contribution in [1.29, 1.82) is 0 Å². The number of aliphatic hydroxyl groups excluding tert-OH is 1. The molecule has 2 aliphatic heterocycles. The van der Waals surface area contributed by atoms with Gasteiger partial charge < -0.3 is 15.1 Å². The van der Waals surface area contributed by atoms with Crippen LogP contribution < -0.4 is 4.57 Å². The second kappa shape index (κ2) is 6.08. The number of thiazole rings is 1. The first-order valence-corrected chi connectivity index (χ1v) is 10.8. The second-order valence-electron chi connectivity index (χ2n) is 7.21. The van der Waals surface area contributed by atoms with E-state index in [9.17, 15) is 19.8 Å². The predicted molar refractivity (Wildman–Crippen MR) is 102 cm³/mol. The molecule has 27 heavy (non-hydrogen) atoms. The molecule has 0 aliphatic carbocycles. The molecule has 0 bridgehead atoms. The van der Waals surface area contributed by atoms with Gasteiger partial charge in [-0.3, -0.25) is 4.79 Å². The highest BCUT2D eigenvalue weighted by Crippen LogP contribution is 2.51. The highest BCUT2D eigenvalue weighted by Gasteiger charge is 2.60. The van der Waals surface area contributed by atoms with E-state index >= 15 is 0 Å². The monoisotopic (exact) mass is 408 g/mol. The normalized spacial score (nSPS) is 25.9. The van der Waals surface area contributed by atoms with Gasteiger partial charge in [0, 0.05) is 18.4 Å². The third kappa shape index (κ3) is 2.28. The minimum atomic E-state index is -1.10. The van der Waals surface area contributed by atoms with E-state index in [-0.39, 0.29) is 23.6 Å². The molecule has 144 valence electrons. The Labute approximate surface area is 164 Å². The number of rotatable bonds is 4. The molecule has 9 heteroatoms. The number of β-lactam (4-membered cyclic amide) rings is 1. The Bertz CT molecular complexity index is 1020. The highest BCUT2D eigenvalue weighted by atomic mass is 32.2. The fourth-order valence-corrected chi connectivity index (χ4v) is 6.76. The van der Waals surface area contributed by atoms with Gasteiger partial charge in [0.25, 0.3) is 5.82 Å². The minimum absolute atomic E-state index is 0.0617. The number of nitrogens with zero attached hydrogens (tertiary/aromatic N) is 3. The summed E-state index contributed by atoms with van der Waals surface area (Å²) in [5.74, 6) is -1.03. The molecule has 2 aliphatic rings. The van der Waals surface area contributed by atoms with Gasteiger partial charge in [-0.1, -0.05) is 30.0 Å². The molecule has 0 unspecified atom stereocenters. The van der Waals surface area contributed by atoms with Gasteiger partial charge in [0.1, 0.15) is 11.9 Å². The highest BCUT2D eigenvalue weighted by molar-refractivity contribution is 7.98. The number of carbonyl (C=O) groups is 2. The van der Waals surface area contributed by atoms with E-state index < -0.39 is 18.0 Å². The Morgan fingerprint density at radius 3 is 2.67 bits per heavy atom. The van der Waals surface area contributed by atoms with Gasteiger partial charge in [-0.15, -0.1) is 0 Å². The SMILES string of the molecule is CSc1c2sc(C3=C(C(=O)O)N4C(=O)[C@H]([C@@H](C)O)[C@H]4[C@H]3C)cn2c(C)[n+]1C. The maximum absolute atomic E-state index is 12.5. The van der Waals surface area contributed by atoms with Crippen molar-refractivity contribution in [3.63, 3.8) is 0 Å². The van der Waals surface area contributed by atoms with Crippen LogP contribution in [0.5, 0.6) is 0 Å². The summed E-state index contributed by atoms with van der Waals surface area (Å²) in [5, 5.41) is 20.9. The largest absolute Gasteiger partial charge is 0.477 e. The molecule has 0 aromatic carbocycles. The van der Waals surface area contributed by atoms with Crippen LogP contribution in [0.3, 0.4) is 0 Å². The van der Waals surface area contributed by atoms with Crippen LogP contribution in [0.4, 0.5) is 0 Å². The number of aromatic nitrogens is 2. The van der Waals surface area contributed by atoms with Crippen LogP contribution in [0.25, 0.3) is 10.4 Å². The summed E-state index contributed by atoms with van der Waals surface area (Å²) in [4.78, 5) is 27.8. The van der Waals surface area contributed by atoms with Crippen LogP contribution >= 0.6 is 23.1 Å². The van der Waals surface area contributed by atoms with Gasteiger partial charge in [0.2, 0.25) is 15.8 Å². The first kappa shape index (κ1) is 18.5. The van der Waals surface area contributed by atoms with Crippen LogP contribution in [-0.2, 0) is 16.6 Å². The zero-order valence-electron chi connectivity index (χ0n) is 15.8. The lowest BCUT2D eigenvalue weighted by Crippen LogP contribution is -2.63. The molecule has 1 saturated heterocycles. The van der Waals surface area contributed by atoms with E-state index in [4.69, 9.17) is 0 Å². The van der Waals surface area contributed by atoms with Gasteiger partial charge >= 0.3 is 5.97 Å². The summed E-state index contributed by atoms with van der Waals surface area (Å²) >= 11 is 3.20. The molecule has 2 aromatic rings. The number of fused-ring (bicyclic) bond motifs is 2. The molecular formula is C18H22N3O4S2+. The number of hydrogen-bond donors (Lipinski definition) is 2. The van der Waals surface area contributed by atoms with Crippen molar-refractivity contribution in [2.75, 3.05) is 6.26 Å². The van der Waals surface area contributed by atoms with Crippen LogP contribution in [0.2, 0.25) is 0 Å². The summed E-state index contributed by atoms with van der Waals surface area (Å²) < 4.78 is 4.19. The van der Waals surface area contributed by atoms with Gasteiger partial charge in [0.15, 0.2) is 0 Å². The van der Waals surface area contributed by atoms with E-state index in [2.05, 4.69) is 8.97 Å². The molecule has 2 N–H and O–H groups in total. The lowest BCUT2D eigenvalue weighted by atomic mass is 9.77. The Balaban J connectivity index is 1.89. The van der Waals surface area contributed by atoms with Crippen LogP contribution in [0, 0.1) is 18.8 Å². The number of aryl methyl sites for hydroxylation is 1. The number of thioether (sulfide) groups is 1. The molecule has 0 spiro atoms. The van der Waals surface area contributed by atoms with E-state index in [1.807, 2.05) is 33.3 Å². The van der Waals surface area contributed by atoms with Gasteiger partial charge in [-0.25, -0.2) is 9.36 Å². The first-order valence-electron chi connectivity index (χ1n) is 8.74. The van der Waals surface area contributed by atoms with Crippen molar-refractivity contribution in [1.82, 2.24) is 9.30 Å². The maximum Gasteiger partial charge on any atom is 0.352 e. The number of amides is 1. The summed E-state index contributed by atoms with van der Waals surface area (Å²) in [7, 11) is 2.01. The molecule has 7 nitrogen and oxygen atoms in total. The molecule has 1 fully saturated rings. The summed E-state index contributed by atoms with van der Waals surface area (Å²) in [6.07, 6.45) is 3.20. The van der Waals surface area contributed by atoms with Crippen LogP contribution in [-0.4, -0.2) is 49.8 Å². The topological polar surface area (TPSA) is 86.1 Å². The Morgan fingerprint density at radius 2 is 2.11 bits per heavy atom. The van der Waals surface area contributed by atoms with Crippen molar-refractivity contribution in [2.24, 2.45) is 18.9 Å². The number of hydrogen-bond acceptors (Lipinski definition) is 5. The fraction of sp³-hybridized carbons (Fsp3) is 0.500. The Kier molecular flexibility index (Phi) is 4.17. The van der Waals surface area contributed by atoms with Crippen LogP contribution in [0.1, 0.15) is 24.5 Å². The summed E-state index contributed by atoms with van der Waals surface area (Å²) in [6, 6.07) is -0.294. The van der Waals surface area contributed by atoms with Gasteiger partial charge in [-0.05, 0) is 13.2 Å². The van der Waals surface area contributed by atoms with Crippen molar-refractivity contribution in [2.45, 2.75) is 37.9 Å². The number of imidazole rings is 1. The summed E-state index contributed by atoms with van der Waals surface area (Å²) in [5.41, 5.74) is 0.749. The van der Waals surface area contributed by atoms with Gasteiger partial charge in [0.05, 0.1) is 30.0 Å². The molecule has 4 heterocycles. The zero-order valence-corrected chi connectivity index (χ0v) is 17.4. The molecule has 4 rings (SSSR count). The summed E-state index contributed by atoms with van der Waals surface area (Å²) in [6.45, 7) is 5.56. The molecular weight excluding hydrogens is 386 g/mol. The number of carboxylic acid groups (broad SMARTS) is 1. The molecule has 1 amide bonds. The molecule has 4 atom stereocenters. The lowest BCUT2D eigenvalue weighted by Gasteiger charge is -2.46. The lowest BCUT2D eigenvalue weighted by molar-refractivity contribution is -0.711. The van der Waals surface area contributed by atoms with Gasteiger partial charge in [-0.2, -0.15) is 4.40 Å². The van der Waals surface area contributed by atoms with E-state index in [0.29, 0.717) is 5.57 Å². The Hall–Kier alpha value is -1.84. The molecule has 2 aromatic heterocycles. The van der Waals surface area contributed by atoms with Crippen molar-refractivity contribution in [3.8, 4) is 0 Å². The standard InChI is InChI=1S/C18H21N3O4S2/c1-7-11(10-6-20-9(3)19(4)16(26-5)17(20)27-10)14(18(24)25)21-13(7)12(8(2)22)15(21)23/h6-8,12-13,22H,1-5H3/p+1/t7-,8+,12+,13+/m0/s1. The van der Waals surface area contributed by atoms with Crippen molar-refractivity contribution < 1.29 is 24.4 Å². The van der Waals surface area contributed by atoms with Crippen molar-refractivity contribution >= 4 is 45.4 Å². The third-order valence-corrected chi connectivity index (χ3v) is 7.94. The number of carboxylic acids is 1. The van der Waals surface area contributed by atoms with E-state index in [1.54, 1.807) is 30.0 Å². The zero-order chi connectivity index (χ0) is 19.8. The second-order valence-corrected chi connectivity index (χ2v) is 9.03. The minimum Gasteiger partial charge on any atom is -0.477 e. The van der Waals surface area contributed by atoms with Crippen LogP contribution in [0.15, 0.2) is 16.9 Å². The average Bonchev–Trinajstić information content (AvgIpc) is 3.18. The smallest absolute Gasteiger partial charge is 0.352 e. The first-order chi connectivity index (χ1) is 12.7. The molecule has 0 radical (unpaired) electrons. The van der Waals surface area contributed by atoms with E-state index in [0.717, 1.165) is 20.6 Å². The predicted octanol–water partition coefficient (Wildman–Crippen LogP) is 1.51. The number of aliphatic hydroxyl groups is 1. The van der Waals surface area contributed by atoms with Crippen molar-refractivity contribution in [3.05, 3.63) is 22.6 Å². The fourth-order valence-electron chi connectivity index (χ4n) is 4.44.